The van der Waals surface area contributed by atoms with Crippen molar-refractivity contribution in [3.63, 3.8) is 0 Å². The quantitative estimate of drug-likeness (QED) is 0.621. The van der Waals surface area contributed by atoms with E-state index >= 15 is 0 Å². The Kier molecular flexibility index (Phi) is 6.17. The van der Waals surface area contributed by atoms with E-state index in [9.17, 15) is 9.90 Å². The van der Waals surface area contributed by atoms with Gasteiger partial charge in [-0.1, -0.05) is 26.0 Å². The Labute approximate surface area is 148 Å². The smallest absolute Gasteiger partial charge is 0.277 e. The molecule has 5 heteroatoms. The van der Waals surface area contributed by atoms with Crippen molar-refractivity contribution < 1.29 is 14.6 Å². The summed E-state index contributed by atoms with van der Waals surface area (Å²) in [4.78, 5) is 12.0. The molecule has 0 bridgehead atoms. The number of ether oxygens (including phenoxy) is 1. The summed E-state index contributed by atoms with van der Waals surface area (Å²) in [5.74, 6) is 0.903. The highest BCUT2D eigenvalue weighted by Crippen LogP contribution is 2.27. The van der Waals surface area contributed by atoms with Crippen LogP contribution in [0, 0.1) is 6.92 Å². The van der Waals surface area contributed by atoms with Crippen molar-refractivity contribution >= 4 is 11.6 Å². The van der Waals surface area contributed by atoms with Gasteiger partial charge < -0.3 is 9.84 Å². The summed E-state index contributed by atoms with van der Waals surface area (Å²) in [5.41, 5.74) is 6.11. The van der Waals surface area contributed by atoms with Crippen molar-refractivity contribution in [2.75, 3.05) is 6.61 Å². The molecule has 0 unspecified atom stereocenters. The molecule has 0 radical (unpaired) electrons. The van der Waals surface area contributed by atoms with E-state index < -0.39 is 0 Å². The van der Waals surface area contributed by atoms with Gasteiger partial charge in [-0.2, -0.15) is 5.10 Å². The lowest BCUT2D eigenvalue weighted by Gasteiger charge is -2.14. The second kappa shape index (κ2) is 8.33. The van der Waals surface area contributed by atoms with E-state index in [0.717, 1.165) is 22.4 Å². The zero-order chi connectivity index (χ0) is 18.4. The van der Waals surface area contributed by atoms with Gasteiger partial charge in [-0.05, 0) is 66.8 Å². The lowest BCUT2D eigenvalue weighted by molar-refractivity contribution is -0.123. The van der Waals surface area contributed by atoms with Crippen LogP contribution in [0.5, 0.6) is 11.5 Å². The Morgan fingerprint density at radius 1 is 1.20 bits per heavy atom. The molecule has 0 aromatic heterocycles. The van der Waals surface area contributed by atoms with Gasteiger partial charge in [0.1, 0.15) is 11.5 Å². The maximum Gasteiger partial charge on any atom is 0.277 e. The van der Waals surface area contributed by atoms with E-state index in [2.05, 4.69) is 24.4 Å². The minimum absolute atomic E-state index is 0.102. The maximum atomic E-state index is 12.0. The fourth-order valence-electron chi connectivity index (χ4n) is 2.33. The minimum atomic E-state index is -0.325. The highest BCUT2D eigenvalue weighted by atomic mass is 16.5. The summed E-state index contributed by atoms with van der Waals surface area (Å²) in [6, 6.07) is 12.6. The van der Waals surface area contributed by atoms with E-state index in [-0.39, 0.29) is 18.3 Å². The normalized spacial score (nSPS) is 11.5. The first kappa shape index (κ1) is 18.5. The van der Waals surface area contributed by atoms with Crippen molar-refractivity contribution in [3.05, 3.63) is 59.2 Å². The number of carbonyl (C=O) groups is 1. The number of phenolic OH excluding ortho intramolecular Hbond substituents is 1. The molecular weight excluding hydrogens is 316 g/mol. The van der Waals surface area contributed by atoms with E-state index in [1.165, 1.54) is 0 Å². The first-order valence-electron chi connectivity index (χ1n) is 8.22. The average Bonchev–Trinajstić information content (AvgIpc) is 2.58. The third-order valence-corrected chi connectivity index (χ3v) is 3.78. The molecule has 2 rings (SSSR count). The minimum Gasteiger partial charge on any atom is -0.508 e. The number of nitrogens with one attached hydrogen (secondary N) is 1. The Morgan fingerprint density at radius 2 is 1.88 bits per heavy atom. The fourth-order valence-corrected chi connectivity index (χ4v) is 2.33. The molecule has 0 atom stereocenters. The largest absolute Gasteiger partial charge is 0.508 e. The molecule has 0 spiro atoms. The van der Waals surface area contributed by atoms with Crippen LogP contribution in [0.2, 0.25) is 0 Å². The van der Waals surface area contributed by atoms with Gasteiger partial charge in [0.05, 0.1) is 5.71 Å². The molecule has 2 aromatic carbocycles. The topological polar surface area (TPSA) is 70.9 Å². The molecule has 0 saturated carbocycles. The highest BCUT2D eigenvalue weighted by Gasteiger charge is 2.10. The van der Waals surface area contributed by atoms with Crippen LogP contribution in [0.25, 0.3) is 0 Å². The van der Waals surface area contributed by atoms with E-state index in [4.69, 9.17) is 4.74 Å². The van der Waals surface area contributed by atoms with Gasteiger partial charge in [0.2, 0.25) is 0 Å². The van der Waals surface area contributed by atoms with Crippen molar-refractivity contribution in [1.29, 1.82) is 0 Å². The summed E-state index contributed by atoms with van der Waals surface area (Å²) >= 11 is 0. The molecule has 5 nitrogen and oxygen atoms in total. The summed E-state index contributed by atoms with van der Waals surface area (Å²) < 4.78 is 5.68. The van der Waals surface area contributed by atoms with Crippen LogP contribution in [0.1, 0.15) is 43.4 Å². The number of carbonyl (C=O) groups excluding carboxylic acids is 1. The van der Waals surface area contributed by atoms with E-state index in [1.807, 2.05) is 25.1 Å². The number of hydrogen-bond acceptors (Lipinski definition) is 4. The predicted molar refractivity (Wildman–Crippen MR) is 99.2 cm³/mol. The van der Waals surface area contributed by atoms with Crippen LogP contribution in [-0.2, 0) is 4.79 Å². The van der Waals surface area contributed by atoms with Gasteiger partial charge in [0.25, 0.3) is 5.91 Å². The van der Waals surface area contributed by atoms with Crippen molar-refractivity contribution in [2.45, 2.75) is 33.6 Å². The van der Waals surface area contributed by atoms with Gasteiger partial charge in [0, 0.05) is 0 Å². The van der Waals surface area contributed by atoms with Crippen LogP contribution in [0.3, 0.4) is 0 Å². The maximum absolute atomic E-state index is 12.0. The molecule has 132 valence electrons. The standard InChI is InChI=1S/C20H24N2O3/c1-13(2)18-10-5-14(3)11-19(18)25-12-20(24)22-21-15(4)16-6-8-17(23)9-7-16/h5-11,13,23H,12H2,1-4H3,(H,22,24)/b21-15+. The zero-order valence-electron chi connectivity index (χ0n) is 15.0. The average molecular weight is 340 g/mol. The summed E-state index contributed by atoms with van der Waals surface area (Å²) in [7, 11) is 0. The van der Waals surface area contributed by atoms with Gasteiger partial charge in [-0.25, -0.2) is 5.43 Å². The molecule has 0 aliphatic carbocycles. The first-order valence-corrected chi connectivity index (χ1v) is 8.22. The Bertz CT molecular complexity index is 765. The highest BCUT2D eigenvalue weighted by molar-refractivity contribution is 5.99. The third kappa shape index (κ3) is 5.35. The number of phenols is 1. The second-order valence-corrected chi connectivity index (χ2v) is 6.26. The van der Waals surface area contributed by atoms with Crippen LogP contribution in [0.15, 0.2) is 47.6 Å². The SMILES string of the molecule is C/C(=N\NC(=O)COc1cc(C)ccc1C(C)C)c1ccc(O)cc1. The molecule has 25 heavy (non-hydrogen) atoms. The van der Waals surface area contributed by atoms with E-state index in [0.29, 0.717) is 11.6 Å². The molecule has 0 aliphatic rings. The van der Waals surface area contributed by atoms with Gasteiger partial charge in [-0.3, -0.25) is 4.79 Å². The number of aromatic hydroxyl groups is 1. The monoisotopic (exact) mass is 340 g/mol. The van der Waals surface area contributed by atoms with Crippen molar-refractivity contribution in [2.24, 2.45) is 5.10 Å². The molecular formula is C20H24N2O3. The predicted octanol–water partition coefficient (Wildman–Crippen LogP) is 3.74. The van der Waals surface area contributed by atoms with Crippen LogP contribution in [0.4, 0.5) is 0 Å². The second-order valence-electron chi connectivity index (χ2n) is 6.26. The number of hydrazone groups is 1. The number of rotatable bonds is 6. The van der Waals surface area contributed by atoms with Crippen LogP contribution >= 0.6 is 0 Å². The molecule has 0 aliphatic heterocycles. The van der Waals surface area contributed by atoms with Gasteiger partial charge in [-0.15, -0.1) is 0 Å². The molecule has 0 saturated heterocycles. The number of nitrogens with zero attached hydrogens (tertiary/aromatic N) is 1. The van der Waals surface area contributed by atoms with Crippen molar-refractivity contribution in [3.8, 4) is 11.5 Å². The number of benzene rings is 2. The summed E-state index contributed by atoms with van der Waals surface area (Å²) in [6.07, 6.45) is 0. The van der Waals surface area contributed by atoms with Crippen LogP contribution < -0.4 is 10.2 Å². The number of aryl methyl sites for hydroxylation is 1. The molecule has 2 N–H and O–H groups in total. The van der Waals surface area contributed by atoms with E-state index in [1.54, 1.807) is 31.2 Å². The molecule has 0 heterocycles. The van der Waals surface area contributed by atoms with Gasteiger partial charge >= 0.3 is 0 Å². The van der Waals surface area contributed by atoms with Crippen LogP contribution in [-0.4, -0.2) is 23.3 Å². The Morgan fingerprint density at radius 3 is 2.52 bits per heavy atom. The van der Waals surface area contributed by atoms with Crippen molar-refractivity contribution in [1.82, 2.24) is 5.43 Å². The fraction of sp³-hybridized carbons (Fsp3) is 0.300. The zero-order valence-corrected chi connectivity index (χ0v) is 15.0. The molecule has 0 fully saturated rings. The van der Waals surface area contributed by atoms with Gasteiger partial charge in [0.15, 0.2) is 6.61 Å². The first-order chi connectivity index (χ1) is 11.9. The third-order valence-electron chi connectivity index (χ3n) is 3.78. The molecule has 1 amide bonds. The Hall–Kier alpha value is -2.82. The number of hydrogen-bond donors (Lipinski definition) is 2. The summed E-state index contributed by atoms with van der Waals surface area (Å²) in [6.45, 7) is 7.84. The Balaban J connectivity index is 1.96. The lowest BCUT2D eigenvalue weighted by Crippen LogP contribution is -2.26. The molecule has 2 aromatic rings. The lowest BCUT2D eigenvalue weighted by atomic mass is 10.0. The number of amides is 1. The summed E-state index contributed by atoms with van der Waals surface area (Å²) in [5, 5.41) is 13.4.